The molecule has 1 aliphatic heterocycles. The summed E-state index contributed by atoms with van der Waals surface area (Å²) in [6.45, 7) is 0.830. The fraction of sp³-hybridized carbons (Fsp3) is 0.357. The SMILES string of the molecule is NC(=O)CC[C@H](NC(=O)c1ccc2c(c1)NCC2)C(=O)O. The molecule has 5 N–H and O–H groups in total. The second-order valence-corrected chi connectivity index (χ2v) is 4.92. The summed E-state index contributed by atoms with van der Waals surface area (Å²) < 4.78 is 0. The number of nitrogens with one attached hydrogen (secondary N) is 2. The minimum Gasteiger partial charge on any atom is -0.480 e. The van der Waals surface area contributed by atoms with Crippen molar-refractivity contribution >= 4 is 23.5 Å². The van der Waals surface area contributed by atoms with E-state index in [0.717, 1.165) is 24.2 Å². The number of primary amides is 1. The second kappa shape index (κ2) is 6.25. The van der Waals surface area contributed by atoms with Crippen LogP contribution in [0.2, 0.25) is 0 Å². The first-order chi connectivity index (χ1) is 9.97. The van der Waals surface area contributed by atoms with Crippen molar-refractivity contribution in [3.8, 4) is 0 Å². The van der Waals surface area contributed by atoms with Gasteiger partial charge in [-0.05, 0) is 30.5 Å². The fourth-order valence-electron chi connectivity index (χ4n) is 2.22. The van der Waals surface area contributed by atoms with Crippen LogP contribution in [0, 0.1) is 0 Å². The third-order valence-electron chi connectivity index (χ3n) is 3.36. The Hall–Kier alpha value is -2.57. The van der Waals surface area contributed by atoms with Gasteiger partial charge in [-0.25, -0.2) is 4.79 Å². The lowest BCUT2D eigenvalue weighted by atomic mass is 10.1. The molecule has 1 aromatic carbocycles. The molecule has 1 heterocycles. The van der Waals surface area contributed by atoms with E-state index in [1.807, 2.05) is 6.07 Å². The van der Waals surface area contributed by atoms with Gasteiger partial charge in [0.05, 0.1) is 0 Å². The summed E-state index contributed by atoms with van der Waals surface area (Å²) >= 11 is 0. The van der Waals surface area contributed by atoms with Crippen molar-refractivity contribution in [2.45, 2.75) is 25.3 Å². The number of hydrogen-bond acceptors (Lipinski definition) is 4. The van der Waals surface area contributed by atoms with E-state index >= 15 is 0 Å². The normalized spacial score (nSPS) is 13.9. The van der Waals surface area contributed by atoms with Gasteiger partial charge in [0, 0.05) is 24.2 Å². The molecule has 112 valence electrons. The zero-order chi connectivity index (χ0) is 15.4. The Labute approximate surface area is 121 Å². The lowest BCUT2D eigenvalue weighted by molar-refractivity contribution is -0.139. The summed E-state index contributed by atoms with van der Waals surface area (Å²) in [5, 5.41) is 14.6. The van der Waals surface area contributed by atoms with Crippen molar-refractivity contribution in [1.29, 1.82) is 0 Å². The third kappa shape index (κ3) is 3.71. The van der Waals surface area contributed by atoms with Crippen molar-refractivity contribution in [3.05, 3.63) is 29.3 Å². The lowest BCUT2D eigenvalue weighted by Gasteiger charge is -2.14. The van der Waals surface area contributed by atoms with E-state index < -0.39 is 23.8 Å². The summed E-state index contributed by atoms with van der Waals surface area (Å²) in [6, 6.07) is 4.08. The molecule has 0 aliphatic carbocycles. The van der Waals surface area contributed by atoms with Crippen LogP contribution >= 0.6 is 0 Å². The Morgan fingerprint density at radius 1 is 1.38 bits per heavy atom. The Kier molecular flexibility index (Phi) is 4.42. The number of rotatable bonds is 6. The second-order valence-electron chi connectivity index (χ2n) is 4.92. The molecule has 0 unspecified atom stereocenters. The fourth-order valence-corrected chi connectivity index (χ4v) is 2.22. The van der Waals surface area contributed by atoms with E-state index in [0.29, 0.717) is 5.56 Å². The smallest absolute Gasteiger partial charge is 0.326 e. The maximum absolute atomic E-state index is 12.1. The topological polar surface area (TPSA) is 122 Å². The van der Waals surface area contributed by atoms with Crippen LogP contribution in [-0.4, -0.2) is 35.5 Å². The molecule has 0 bridgehead atoms. The molecular formula is C14H17N3O4. The number of carbonyl (C=O) groups is 3. The van der Waals surface area contributed by atoms with Crippen molar-refractivity contribution < 1.29 is 19.5 Å². The Balaban J connectivity index is 2.04. The summed E-state index contributed by atoms with van der Waals surface area (Å²) in [6.07, 6.45) is 0.788. The van der Waals surface area contributed by atoms with Gasteiger partial charge in [0.15, 0.2) is 0 Å². The van der Waals surface area contributed by atoms with Gasteiger partial charge < -0.3 is 21.5 Å². The van der Waals surface area contributed by atoms with E-state index in [-0.39, 0.29) is 12.8 Å². The zero-order valence-electron chi connectivity index (χ0n) is 11.4. The molecule has 0 radical (unpaired) electrons. The lowest BCUT2D eigenvalue weighted by Crippen LogP contribution is -2.41. The average molecular weight is 291 g/mol. The molecule has 1 aliphatic rings. The monoisotopic (exact) mass is 291 g/mol. The first kappa shape index (κ1) is 14.8. The van der Waals surface area contributed by atoms with Crippen LogP contribution in [0.5, 0.6) is 0 Å². The average Bonchev–Trinajstić information content (AvgIpc) is 2.89. The van der Waals surface area contributed by atoms with Crippen LogP contribution < -0.4 is 16.4 Å². The quantitative estimate of drug-likeness (QED) is 0.592. The number of nitrogens with two attached hydrogens (primary N) is 1. The predicted molar refractivity (Wildman–Crippen MR) is 76.0 cm³/mol. The van der Waals surface area contributed by atoms with Crippen LogP contribution in [0.15, 0.2) is 18.2 Å². The highest BCUT2D eigenvalue weighted by Crippen LogP contribution is 2.23. The summed E-state index contributed by atoms with van der Waals surface area (Å²) in [5.41, 5.74) is 7.40. The summed E-state index contributed by atoms with van der Waals surface area (Å²) in [4.78, 5) is 33.9. The number of amides is 2. The van der Waals surface area contributed by atoms with Crippen molar-refractivity contribution in [1.82, 2.24) is 5.32 Å². The van der Waals surface area contributed by atoms with E-state index in [1.165, 1.54) is 0 Å². The number of anilines is 1. The Bertz CT molecular complexity index is 586. The van der Waals surface area contributed by atoms with Crippen LogP contribution in [0.4, 0.5) is 5.69 Å². The van der Waals surface area contributed by atoms with Crippen LogP contribution in [-0.2, 0) is 16.0 Å². The molecule has 2 rings (SSSR count). The highest BCUT2D eigenvalue weighted by atomic mass is 16.4. The highest BCUT2D eigenvalue weighted by molar-refractivity contribution is 5.97. The van der Waals surface area contributed by atoms with Crippen molar-refractivity contribution in [2.75, 3.05) is 11.9 Å². The maximum atomic E-state index is 12.1. The number of benzene rings is 1. The van der Waals surface area contributed by atoms with Gasteiger partial charge in [-0.1, -0.05) is 6.07 Å². The molecule has 0 saturated heterocycles. The van der Waals surface area contributed by atoms with Crippen molar-refractivity contribution in [2.24, 2.45) is 5.73 Å². The Morgan fingerprint density at radius 2 is 2.14 bits per heavy atom. The standard InChI is InChI=1S/C14H17N3O4/c15-12(18)4-3-10(14(20)21)17-13(19)9-2-1-8-5-6-16-11(8)7-9/h1-2,7,10,16H,3-6H2,(H2,15,18)(H,17,19)(H,20,21)/t10-/m0/s1. The number of carboxylic acid groups (broad SMARTS) is 1. The number of fused-ring (bicyclic) bond motifs is 1. The molecule has 1 atom stereocenters. The number of aliphatic carboxylic acids is 1. The van der Waals surface area contributed by atoms with Crippen molar-refractivity contribution in [3.63, 3.8) is 0 Å². The number of hydrogen-bond donors (Lipinski definition) is 4. The molecule has 7 heteroatoms. The predicted octanol–water partition coefficient (Wildman–Crippen LogP) is 0.103. The maximum Gasteiger partial charge on any atom is 0.326 e. The minimum atomic E-state index is -1.19. The molecule has 1 aromatic rings. The molecular weight excluding hydrogens is 274 g/mol. The van der Waals surface area contributed by atoms with Gasteiger partial charge in [-0.3, -0.25) is 9.59 Å². The number of carbonyl (C=O) groups excluding carboxylic acids is 2. The zero-order valence-corrected chi connectivity index (χ0v) is 11.4. The minimum absolute atomic E-state index is 0.0282. The van der Waals surface area contributed by atoms with Crippen LogP contribution in [0.25, 0.3) is 0 Å². The van der Waals surface area contributed by atoms with E-state index in [4.69, 9.17) is 10.8 Å². The highest BCUT2D eigenvalue weighted by Gasteiger charge is 2.22. The summed E-state index contributed by atoms with van der Waals surface area (Å²) in [7, 11) is 0. The number of carboxylic acids is 1. The van der Waals surface area contributed by atoms with Crippen LogP contribution in [0.3, 0.4) is 0 Å². The van der Waals surface area contributed by atoms with E-state index in [2.05, 4.69) is 10.6 Å². The van der Waals surface area contributed by atoms with Gasteiger partial charge in [0.25, 0.3) is 5.91 Å². The molecule has 0 aromatic heterocycles. The molecule has 2 amide bonds. The van der Waals surface area contributed by atoms with E-state index in [1.54, 1.807) is 12.1 Å². The first-order valence-corrected chi connectivity index (χ1v) is 6.66. The van der Waals surface area contributed by atoms with Gasteiger partial charge in [0.2, 0.25) is 5.91 Å². The van der Waals surface area contributed by atoms with E-state index in [9.17, 15) is 14.4 Å². The molecule has 7 nitrogen and oxygen atoms in total. The molecule has 0 saturated carbocycles. The first-order valence-electron chi connectivity index (χ1n) is 6.66. The molecule has 0 fully saturated rings. The molecule has 0 spiro atoms. The van der Waals surface area contributed by atoms with Gasteiger partial charge in [-0.15, -0.1) is 0 Å². The third-order valence-corrected chi connectivity index (χ3v) is 3.36. The Morgan fingerprint density at radius 3 is 2.81 bits per heavy atom. The largest absolute Gasteiger partial charge is 0.480 e. The van der Waals surface area contributed by atoms with Gasteiger partial charge >= 0.3 is 5.97 Å². The van der Waals surface area contributed by atoms with Gasteiger partial charge in [-0.2, -0.15) is 0 Å². The summed E-state index contributed by atoms with van der Waals surface area (Å²) in [5.74, 6) is -2.27. The molecule has 21 heavy (non-hydrogen) atoms. The van der Waals surface area contributed by atoms with Gasteiger partial charge in [0.1, 0.15) is 6.04 Å². The van der Waals surface area contributed by atoms with Crippen LogP contribution in [0.1, 0.15) is 28.8 Å².